The fourth-order valence-corrected chi connectivity index (χ4v) is 0.354. The molecule has 0 saturated heterocycles. The monoisotopic (exact) mass is 64.1 g/mol. The molecular weight excluding hydrogens is 55.3 g/mol. The van der Waals surface area contributed by atoms with Crippen LogP contribution in [-0.4, -0.2) is 29.0 Å². The lowest BCUT2D eigenvalue weighted by Gasteiger charge is -1.69. The fourth-order valence-electron chi connectivity index (χ4n) is 0.354. The molecule has 0 nitrogen and oxygen atoms in total. The van der Waals surface area contributed by atoms with Gasteiger partial charge in [0.25, 0.3) is 0 Å². The van der Waals surface area contributed by atoms with Crippen LogP contribution in [0.15, 0.2) is 0 Å². The molecule has 0 aromatic rings. The van der Waals surface area contributed by atoms with Crippen molar-refractivity contribution in [3.05, 3.63) is 0 Å². The van der Waals surface area contributed by atoms with E-state index in [1.54, 1.807) is 0 Å². The zero-order valence-electron chi connectivity index (χ0n) is 4.12. The summed E-state index contributed by atoms with van der Waals surface area (Å²) in [6, 6.07) is 0. The van der Waals surface area contributed by atoms with Gasteiger partial charge in [-0.1, -0.05) is 6.82 Å². The number of rotatable bonds is 2. The molecule has 4 heteroatoms. The molecule has 5 heavy (non-hydrogen) atoms. The summed E-state index contributed by atoms with van der Waals surface area (Å²) in [6.45, 7) is 2.21. The van der Waals surface area contributed by atoms with Crippen LogP contribution in [0.5, 0.6) is 0 Å². The van der Waals surface area contributed by atoms with Crippen LogP contribution < -0.4 is 0 Å². The summed E-state index contributed by atoms with van der Waals surface area (Å²) in [4.78, 5) is 0. The van der Waals surface area contributed by atoms with Gasteiger partial charge >= 0.3 is 0 Å². The summed E-state index contributed by atoms with van der Waals surface area (Å²) in [5.41, 5.74) is 0. The third kappa shape index (κ3) is 4.26. The van der Waals surface area contributed by atoms with Gasteiger partial charge in [0.15, 0.2) is 0 Å². The molecule has 0 aliphatic rings. The molecule has 0 radical (unpaired) electrons. The van der Waals surface area contributed by atoms with Crippen LogP contribution in [0.3, 0.4) is 0 Å². The molecule has 0 rings (SSSR count). The highest BCUT2D eigenvalue weighted by molar-refractivity contribution is 7.41. The van der Waals surface area contributed by atoms with Gasteiger partial charge in [0.05, 0.1) is 14.9 Å². The molecule has 0 aromatic carbocycles. The van der Waals surface area contributed by atoms with Crippen LogP contribution >= 0.6 is 0 Å². The minimum atomic E-state index is 1.34. The van der Waals surface area contributed by atoms with Gasteiger partial charge < -0.3 is 0 Å². The summed E-state index contributed by atoms with van der Waals surface area (Å²) >= 11 is 0. The van der Waals surface area contributed by atoms with Gasteiger partial charge in [-0.25, -0.2) is 0 Å². The molecular formula is CH8B4. The Morgan fingerprint density at radius 2 is 2.20 bits per heavy atom. The van der Waals surface area contributed by atoms with Gasteiger partial charge in [0.1, 0.15) is 0 Å². The van der Waals surface area contributed by atoms with Gasteiger partial charge in [-0.05, 0) is 0 Å². The Kier molecular flexibility index (Phi) is 4.48. The molecule has 0 aliphatic heterocycles. The fraction of sp³-hybridized carbons (Fsp3) is 1.00. The van der Waals surface area contributed by atoms with Crippen molar-refractivity contribution in [3.63, 3.8) is 0 Å². The second kappa shape index (κ2) is 4.26. The van der Waals surface area contributed by atoms with Gasteiger partial charge in [-0.2, -0.15) is 0 Å². The third-order valence-corrected chi connectivity index (χ3v) is 0.707. The average Bonchev–Trinajstić information content (AvgIpc) is 1.41. The molecule has 0 fully saturated rings. The second-order valence-electron chi connectivity index (χ2n) is 1.35. The summed E-state index contributed by atoms with van der Waals surface area (Å²) in [5, 5.41) is 0. The molecule has 0 unspecified atom stereocenters. The summed E-state index contributed by atoms with van der Waals surface area (Å²) < 4.78 is 0. The van der Waals surface area contributed by atoms with E-state index in [-0.39, 0.29) is 0 Å². The van der Waals surface area contributed by atoms with E-state index in [1.165, 1.54) is 21.3 Å². The minimum absolute atomic E-state index is 1.34. The minimum Gasteiger partial charge on any atom is -0.0966 e. The molecule has 24 valence electrons. The van der Waals surface area contributed by atoms with E-state index in [1.807, 2.05) is 0 Å². The topological polar surface area (TPSA) is 0 Å². The van der Waals surface area contributed by atoms with Crippen LogP contribution in [0, 0.1) is 0 Å². The smallest absolute Gasteiger partial charge is 0.0738 e. The molecule has 0 saturated carbocycles. The first kappa shape index (κ1) is 5.26. The van der Waals surface area contributed by atoms with Crippen molar-refractivity contribution in [2.24, 2.45) is 0 Å². The normalized spacial score (nSPS) is 5.80. The Morgan fingerprint density at radius 3 is 2.20 bits per heavy atom. The van der Waals surface area contributed by atoms with Crippen LogP contribution in [0.4, 0.5) is 0 Å². The zero-order valence-corrected chi connectivity index (χ0v) is 4.12. The SMILES string of the molecule is BBBBC. The van der Waals surface area contributed by atoms with E-state index in [2.05, 4.69) is 14.6 Å². The largest absolute Gasteiger partial charge is 0.0966 e. The highest BCUT2D eigenvalue weighted by Crippen LogP contribution is 1.43. The van der Waals surface area contributed by atoms with E-state index in [4.69, 9.17) is 0 Å². The Labute approximate surface area is 36.8 Å². The lowest BCUT2D eigenvalue weighted by molar-refractivity contribution is 2.37. The van der Waals surface area contributed by atoms with Gasteiger partial charge in [0.2, 0.25) is 0 Å². The average molecular weight is 63.3 g/mol. The highest BCUT2D eigenvalue weighted by Gasteiger charge is 1.78. The van der Waals surface area contributed by atoms with Crippen molar-refractivity contribution in [2.75, 3.05) is 0 Å². The molecule has 0 amide bonds. The van der Waals surface area contributed by atoms with Crippen molar-refractivity contribution in [2.45, 2.75) is 6.82 Å². The van der Waals surface area contributed by atoms with Gasteiger partial charge in [-0.3, -0.25) is 0 Å². The maximum atomic E-state index is 2.21. The van der Waals surface area contributed by atoms with E-state index < -0.39 is 0 Å². The van der Waals surface area contributed by atoms with E-state index in [0.29, 0.717) is 0 Å². The molecule has 0 N–H and O–H groups in total. The van der Waals surface area contributed by atoms with Crippen LogP contribution in [-0.2, 0) is 0 Å². The summed E-state index contributed by atoms with van der Waals surface area (Å²) in [5.74, 6) is 0. The van der Waals surface area contributed by atoms with E-state index in [9.17, 15) is 0 Å². The number of hydrogen-bond acceptors (Lipinski definition) is 0. The van der Waals surface area contributed by atoms with Crippen molar-refractivity contribution in [1.29, 1.82) is 0 Å². The van der Waals surface area contributed by atoms with Crippen LogP contribution in [0.25, 0.3) is 0 Å². The lowest BCUT2D eigenvalue weighted by Crippen LogP contribution is -2.08. The first-order valence-electron chi connectivity index (χ1n) is 2.41. The lowest BCUT2D eigenvalue weighted by atomic mass is 9.14. The van der Waals surface area contributed by atoms with Crippen molar-refractivity contribution in [3.8, 4) is 0 Å². The molecule has 0 spiro atoms. The molecule has 0 bridgehead atoms. The first-order chi connectivity index (χ1) is 2.41. The van der Waals surface area contributed by atoms with Crippen LogP contribution in [0.1, 0.15) is 0 Å². The Balaban J connectivity index is 2.19. The standard InChI is InChI=1S/CH8B4/c1-3-5-4-2/h3-5H,2H2,1H3. The summed E-state index contributed by atoms with van der Waals surface area (Å²) in [6.07, 6.45) is 0. The summed E-state index contributed by atoms with van der Waals surface area (Å²) in [7, 11) is 6.29. The van der Waals surface area contributed by atoms with Crippen molar-refractivity contribution >= 4 is 29.0 Å². The zero-order chi connectivity index (χ0) is 4.12. The molecule has 0 aromatic heterocycles. The third-order valence-electron chi connectivity index (χ3n) is 0.707. The Morgan fingerprint density at radius 1 is 1.60 bits per heavy atom. The predicted octanol–water partition coefficient (Wildman–Crippen LogP) is -2.28. The quantitative estimate of drug-likeness (QED) is 0.317. The predicted molar refractivity (Wildman–Crippen MR) is 35.9 cm³/mol. The molecule has 0 heterocycles. The van der Waals surface area contributed by atoms with Crippen molar-refractivity contribution < 1.29 is 0 Å². The Bertz CT molecular complexity index is 11.1. The number of hydrogen-bond donors (Lipinski definition) is 0. The van der Waals surface area contributed by atoms with Gasteiger partial charge in [-0.15, -0.1) is 0 Å². The highest BCUT2D eigenvalue weighted by atomic mass is 12.8. The first-order valence-corrected chi connectivity index (χ1v) is 2.41. The molecule has 0 aliphatic carbocycles. The maximum Gasteiger partial charge on any atom is 0.0738 e. The Hall–Kier alpha value is 0.260. The van der Waals surface area contributed by atoms with Gasteiger partial charge in [0, 0.05) is 14.1 Å². The van der Waals surface area contributed by atoms with E-state index >= 15 is 0 Å². The van der Waals surface area contributed by atoms with Crippen LogP contribution in [0.2, 0.25) is 6.82 Å². The second-order valence-corrected chi connectivity index (χ2v) is 1.35. The molecule has 0 atom stereocenters. The van der Waals surface area contributed by atoms with Crippen molar-refractivity contribution in [1.82, 2.24) is 0 Å². The van der Waals surface area contributed by atoms with E-state index in [0.717, 1.165) is 0 Å². The maximum absolute atomic E-state index is 2.21.